The van der Waals surface area contributed by atoms with Crippen molar-refractivity contribution in [2.24, 2.45) is 0 Å². The number of nitrogens with zero attached hydrogens (tertiary/aromatic N) is 1. The van der Waals surface area contributed by atoms with Crippen molar-refractivity contribution in [2.75, 3.05) is 19.7 Å². The van der Waals surface area contributed by atoms with Crippen molar-refractivity contribution in [1.82, 2.24) is 4.90 Å². The minimum absolute atomic E-state index is 0.147. The third-order valence-corrected chi connectivity index (χ3v) is 3.59. The van der Waals surface area contributed by atoms with Gasteiger partial charge in [0.05, 0.1) is 13.2 Å². The molecule has 1 aromatic carbocycles. The van der Waals surface area contributed by atoms with Crippen LogP contribution >= 0.6 is 23.2 Å². The van der Waals surface area contributed by atoms with E-state index in [9.17, 15) is 4.79 Å². The molecular weight excluding hydrogens is 273 g/mol. The molecule has 1 amide bonds. The Kier molecular flexibility index (Phi) is 4.49. The van der Waals surface area contributed by atoms with Crippen molar-refractivity contribution in [1.29, 1.82) is 0 Å². The summed E-state index contributed by atoms with van der Waals surface area (Å²) in [4.78, 5) is 13.5. The molecule has 1 saturated heterocycles. The molecule has 0 N–H and O–H groups in total. The fourth-order valence-corrected chi connectivity index (χ4v) is 2.58. The molecule has 0 aromatic heterocycles. The first-order chi connectivity index (χ1) is 8.61. The summed E-state index contributed by atoms with van der Waals surface area (Å²) < 4.78 is 5.69. The highest BCUT2D eigenvalue weighted by molar-refractivity contribution is 6.35. The van der Waals surface area contributed by atoms with Crippen LogP contribution in [0.5, 0.6) is 0 Å². The number of hydrogen-bond acceptors (Lipinski definition) is 2. The third-order valence-electron chi connectivity index (χ3n) is 3.03. The molecule has 0 spiro atoms. The third kappa shape index (κ3) is 2.97. The van der Waals surface area contributed by atoms with E-state index >= 15 is 0 Å². The van der Waals surface area contributed by atoms with Gasteiger partial charge in [-0.1, -0.05) is 36.2 Å². The first kappa shape index (κ1) is 13.7. The van der Waals surface area contributed by atoms with E-state index in [1.165, 1.54) is 0 Å². The van der Waals surface area contributed by atoms with Gasteiger partial charge in [0, 0.05) is 28.6 Å². The summed E-state index contributed by atoms with van der Waals surface area (Å²) in [5, 5.41) is 1.18. The maximum Gasteiger partial charge on any atom is 0.222 e. The van der Waals surface area contributed by atoms with Crippen molar-refractivity contribution in [2.45, 2.75) is 19.4 Å². The van der Waals surface area contributed by atoms with Crippen LogP contribution in [0.4, 0.5) is 0 Å². The Balaban J connectivity index is 2.15. The van der Waals surface area contributed by atoms with Gasteiger partial charge in [-0.05, 0) is 12.1 Å². The lowest BCUT2D eigenvalue weighted by Gasteiger charge is -2.33. The summed E-state index contributed by atoms with van der Waals surface area (Å²) in [7, 11) is 0. The molecule has 1 heterocycles. The average molecular weight is 288 g/mol. The van der Waals surface area contributed by atoms with Crippen molar-refractivity contribution in [3.05, 3.63) is 33.8 Å². The molecule has 0 bridgehead atoms. The molecule has 1 atom stereocenters. The highest BCUT2D eigenvalue weighted by Crippen LogP contribution is 2.30. The van der Waals surface area contributed by atoms with Crippen molar-refractivity contribution in [3.8, 4) is 0 Å². The molecule has 1 aliphatic rings. The van der Waals surface area contributed by atoms with Crippen LogP contribution in [-0.2, 0) is 9.53 Å². The second kappa shape index (κ2) is 5.91. The number of benzene rings is 1. The second-order valence-corrected chi connectivity index (χ2v) is 5.06. The Hall–Kier alpha value is -0.770. The monoisotopic (exact) mass is 287 g/mol. The lowest BCUT2D eigenvalue weighted by molar-refractivity contribution is -0.138. The maximum absolute atomic E-state index is 11.7. The molecular formula is C13H15Cl2NO2. The number of hydrogen-bond donors (Lipinski definition) is 0. The minimum atomic E-state index is -0.168. The van der Waals surface area contributed by atoms with E-state index in [2.05, 4.69) is 0 Å². The summed E-state index contributed by atoms with van der Waals surface area (Å²) >= 11 is 12.0. The number of rotatable bonds is 2. The van der Waals surface area contributed by atoms with Crippen molar-refractivity contribution >= 4 is 29.1 Å². The number of carbonyl (C=O) groups excluding carboxylic acids is 1. The number of morpholine rings is 1. The van der Waals surface area contributed by atoms with E-state index in [0.29, 0.717) is 36.2 Å². The van der Waals surface area contributed by atoms with Gasteiger partial charge >= 0.3 is 0 Å². The molecule has 1 aromatic rings. The SMILES string of the molecule is CCC(=O)N1CCOC(c2ccc(Cl)cc2Cl)C1. The Morgan fingerprint density at radius 1 is 1.50 bits per heavy atom. The van der Waals surface area contributed by atoms with Gasteiger partial charge in [0.25, 0.3) is 0 Å². The molecule has 0 aliphatic carbocycles. The quantitative estimate of drug-likeness (QED) is 0.835. The van der Waals surface area contributed by atoms with E-state index in [0.717, 1.165) is 5.56 Å². The van der Waals surface area contributed by atoms with Gasteiger partial charge in [-0.2, -0.15) is 0 Å². The fourth-order valence-electron chi connectivity index (χ4n) is 2.05. The predicted molar refractivity (Wildman–Crippen MR) is 72.0 cm³/mol. The highest BCUT2D eigenvalue weighted by Gasteiger charge is 2.25. The lowest BCUT2D eigenvalue weighted by atomic mass is 10.1. The first-order valence-electron chi connectivity index (χ1n) is 5.96. The largest absolute Gasteiger partial charge is 0.370 e. The van der Waals surface area contributed by atoms with E-state index in [-0.39, 0.29) is 12.0 Å². The van der Waals surface area contributed by atoms with Gasteiger partial charge in [-0.25, -0.2) is 0 Å². The summed E-state index contributed by atoms with van der Waals surface area (Å²) in [6.45, 7) is 3.60. The van der Waals surface area contributed by atoms with Crippen LogP contribution in [0.25, 0.3) is 0 Å². The molecule has 18 heavy (non-hydrogen) atoms. The molecule has 2 rings (SSSR count). The maximum atomic E-state index is 11.7. The Morgan fingerprint density at radius 3 is 2.94 bits per heavy atom. The predicted octanol–water partition coefficient (Wildman–Crippen LogP) is 3.30. The Labute approximate surface area is 117 Å². The van der Waals surface area contributed by atoms with Crippen LogP contribution < -0.4 is 0 Å². The van der Waals surface area contributed by atoms with Gasteiger partial charge in [0.1, 0.15) is 6.10 Å². The molecule has 3 nitrogen and oxygen atoms in total. The summed E-state index contributed by atoms with van der Waals surface area (Å²) in [5.74, 6) is 0.147. The molecule has 1 fully saturated rings. The standard InChI is InChI=1S/C13H15Cl2NO2/c1-2-13(17)16-5-6-18-12(8-16)10-4-3-9(14)7-11(10)15/h3-4,7,12H,2,5-6,8H2,1H3. The smallest absolute Gasteiger partial charge is 0.222 e. The van der Waals surface area contributed by atoms with Gasteiger partial charge < -0.3 is 9.64 Å². The zero-order valence-electron chi connectivity index (χ0n) is 10.2. The Morgan fingerprint density at radius 2 is 2.28 bits per heavy atom. The number of amides is 1. The zero-order valence-corrected chi connectivity index (χ0v) is 11.7. The van der Waals surface area contributed by atoms with Gasteiger partial charge in [-0.15, -0.1) is 0 Å². The lowest BCUT2D eigenvalue weighted by Crippen LogP contribution is -2.42. The van der Waals surface area contributed by atoms with Crippen molar-refractivity contribution in [3.63, 3.8) is 0 Å². The summed E-state index contributed by atoms with van der Waals surface area (Å²) in [6.07, 6.45) is 0.347. The van der Waals surface area contributed by atoms with Crippen LogP contribution in [-0.4, -0.2) is 30.5 Å². The van der Waals surface area contributed by atoms with Gasteiger partial charge in [0.2, 0.25) is 5.91 Å². The molecule has 0 radical (unpaired) electrons. The molecule has 1 unspecified atom stereocenters. The normalized spacial score (nSPS) is 19.9. The van der Waals surface area contributed by atoms with E-state index in [4.69, 9.17) is 27.9 Å². The van der Waals surface area contributed by atoms with E-state index in [1.54, 1.807) is 12.1 Å². The minimum Gasteiger partial charge on any atom is -0.370 e. The summed E-state index contributed by atoms with van der Waals surface area (Å²) in [5.41, 5.74) is 0.884. The van der Waals surface area contributed by atoms with E-state index in [1.807, 2.05) is 17.9 Å². The first-order valence-corrected chi connectivity index (χ1v) is 6.71. The topological polar surface area (TPSA) is 29.5 Å². The summed E-state index contributed by atoms with van der Waals surface area (Å²) in [6, 6.07) is 5.34. The molecule has 1 aliphatic heterocycles. The number of ether oxygens (including phenoxy) is 1. The molecule has 0 saturated carbocycles. The van der Waals surface area contributed by atoms with Crippen LogP contribution in [0.15, 0.2) is 18.2 Å². The van der Waals surface area contributed by atoms with Crippen LogP contribution in [0.1, 0.15) is 25.0 Å². The van der Waals surface area contributed by atoms with Crippen LogP contribution in [0.2, 0.25) is 10.0 Å². The second-order valence-electron chi connectivity index (χ2n) is 4.22. The van der Waals surface area contributed by atoms with Gasteiger partial charge in [0.15, 0.2) is 0 Å². The highest BCUT2D eigenvalue weighted by atomic mass is 35.5. The van der Waals surface area contributed by atoms with Gasteiger partial charge in [-0.3, -0.25) is 4.79 Å². The van der Waals surface area contributed by atoms with Crippen LogP contribution in [0.3, 0.4) is 0 Å². The fraction of sp³-hybridized carbons (Fsp3) is 0.462. The Bertz CT molecular complexity index is 451. The molecule has 5 heteroatoms. The van der Waals surface area contributed by atoms with E-state index < -0.39 is 0 Å². The van der Waals surface area contributed by atoms with Crippen LogP contribution in [0, 0.1) is 0 Å². The van der Waals surface area contributed by atoms with Crippen molar-refractivity contribution < 1.29 is 9.53 Å². The molecule has 98 valence electrons. The number of carbonyl (C=O) groups is 1. The number of halogens is 2. The average Bonchev–Trinajstić information content (AvgIpc) is 2.38. The zero-order chi connectivity index (χ0) is 13.1.